The maximum absolute atomic E-state index is 12.8. The van der Waals surface area contributed by atoms with Crippen molar-refractivity contribution in [2.75, 3.05) is 40.8 Å². The van der Waals surface area contributed by atoms with Crippen LogP contribution >= 0.6 is 0 Å². The highest BCUT2D eigenvalue weighted by atomic mass is 16.6. The first kappa shape index (κ1) is 23.1. The van der Waals surface area contributed by atoms with Crippen LogP contribution in [0.15, 0.2) is 12.2 Å². The number of hydrogen-bond acceptors (Lipinski definition) is 5. The Morgan fingerprint density at radius 2 is 1.70 bits per heavy atom. The molecule has 1 unspecified atom stereocenters. The van der Waals surface area contributed by atoms with Crippen molar-refractivity contribution in [3.8, 4) is 0 Å². The Morgan fingerprint density at radius 1 is 1.15 bits per heavy atom. The lowest BCUT2D eigenvalue weighted by molar-refractivity contribution is -0.168. The summed E-state index contributed by atoms with van der Waals surface area (Å²) >= 11 is 0. The number of hydrogen-bond donors (Lipinski definition) is 0. The van der Waals surface area contributed by atoms with Gasteiger partial charge in [-0.05, 0) is 40.8 Å². The molecule has 1 heterocycles. The fraction of sp³-hybridized carbons (Fsp3) is 0.750. The lowest BCUT2D eigenvalue weighted by Crippen LogP contribution is -2.58. The van der Waals surface area contributed by atoms with Gasteiger partial charge in [0, 0.05) is 32.8 Å². The molecule has 7 heteroatoms. The molecule has 0 N–H and O–H groups in total. The summed E-state index contributed by atoms with van der Waals surface area (Å²) in [5.41, 5.74) is -0.604. The third-order valence-electron chi connectivity index (χ3n) is 4.32. The van der Waals surface area contributed by atoms with Gasteiger partial charge in [0.1, 0.15) is 11.6 Å². The normalized spacial score (nSPS) is 16.6. The molecule has 0 spiro atoms. The van der Waals surface area contributed by atoms with E-state index in [1.54, 1.807) is 24.1 Å². The van der Waals surface area contributed by atoms with E-state index in [1.165, 1.54) is 4.90 Å². The van der Waals surface area contributed by atoms with Gasteiger partial charge in [0.05, 0.1) is 5.92 Å². The number of carbonyl (C=O) groups is 3. The largest absolute Gasteiger partial charge is 0.458 e. The lowest BCUT2D eigenvalue weighted by atomic mass is 9.95. The van der Waals surface area contributed by atoms with E-state index in [2.05, 4.69) is 0 Å². The molecule has 7 nitrogen and oxygen atoms in total. The predicted octanol–water partition coefficient (Wildman–Crippen LogP) is 1.39. The molecular weight excluding hydrogens is 346 g/mol. The predicted molar refractivity (Wildman–Crippen MR) is 105 cm³/mol. The van der Waals surface area contributed by atoms with Crippen molar-refractivity contribution in [3.05, 3.63) is 12.2 Å². The average molecular weight is 382 g/mol. The Morgan fingerprint density at radius 3 is 2.15 bits per heavy atom. The first-order chi connectivity index (χ1) is 12.3. The zero-order chi connectivity index (χ0) is 20.9. The molecule has 0 radical (unpaired) electrons. The Hall–Kier alpha value is -1.89. The first-order valence-electron chi connectivity index (χ1n) is 9.43. The van der Waals surface area contributed by atoms with Crippen molar-refractivity contribution < 1.29 is 19.1 Å². The number of nitrogens with zero attached hydrogens (tertiary/aromatic N) is 3. The highest BCUT2D eigenvalue weighted by molar-refractivity contribution is 5.91. The van der Waals surface area contributed by atoms with E-state index in [4.69, 9.17) is 4.74 Å². The topological polar surface area (TPSA) is 70.2 Å². The SMILES string of the molecule is CC(C)C(C(=O)OC(C)(C)C)N(C)C(=O)C1CN(C(=O)/C=C/CN(C)C)C1. The lowest BCUT2D eigenvalue weighted by Gasteiger charge is -2.41. The van der Waals surface area contributed by atoms with Gasteiger partial charge in [-0.1, -0.05) is 19.9 Å². The van der Waals surface area contributed by atoms with Crippen LogP contribution in [0.2, 0.25) is 0 Å². The van der Waals surface area contributed by atoms with Gasteiger partial charge in [0.25, 0.3) is 0 Å². The molecule has 0 aromatic rings. The Balaban J connectivity index is 2.64. The molecule has 0 aliphatic carbocycles. The second kappa shape index (κ2) is 9.35. The third kappa shape index (κ3) is 6.97. The molecular formula is C20H35N3O4. The highest BCUT2D eigenvalue weighted by Crippen LogP contribution is 2.22. The van der Waals surface area contributed by atoms with Gasteiger partial charge < -0.3 is 19.4 Å². The minimum atomic E-state index is -0.638. The molecule has 0 bridgehead atoms. The maximum Gasteiger partial charge on any atom is 0.329 e. The molecule has 0 aromatic heterocycles. The smallest absolute Gasteiger partial charge is 0.329 e. The van der Waals surface area contributed by atoms with Crippen LogP contribution < -0.4 is 0 Å². The number of carbonyl (C=O) groups excluding carboxylic acids is 3. The van der Waals surface area contributed by atoms with Crippen LogP contribution in [0.3, 0.4) is 0 Å². The van der Waals surface area contributed by atoms with Gasteiger partial charge in [-0.2, -0.15) is 0 Å². The van der Waals surface area contributed by atoms with E-state index < -0.39 is 17.6 Å². The van der Waals surface area contributed by atoms with Crippen molar-refractivity contribution in [1.82, 2.24) is 14.7 Å². The molecule has 1 fully saturated rings. The Bertz CT molecular complexity index is 572. The molecule has 27 heavy (non-hydrogen) atoms. The van der Waals surface area contributed by atoms with Crippen molar-refractivity contribution in [2.45, 2.75) is 46.3 Å². The monoisotopic (exact) mass is 381 g/mol. The van der Waals surface area contributed by atoms with E-state index in [0.717, 1.165) is 0 Å². The van der Waals surface area contributed by atoms with Gasteiger partial charge in [-0.15, -0.1) is 0 Å². The minimum absolute atomic E-state index is 0.0689. The second-order valence-corrected chi connectivity index (χ2v) is 8.78. The van der Waals surface area contributed by atoms with E-state index >= 15 is 0 Å². The molecule has 1 saturated heterocycles. The summed E-state index contributed by atoms with van der Waals surface area (Å²) in [5.74, 6) is -0.949. The van der Waals surface area contributed by atoms with Crippen LogP contribution in [0.5, 0.6) is 0 Å². The standard InChI is InChI=1S/C20H35N3O4/c1-14(2)17(19(26)27-20(3,4)5)22(8)18(25)15-12-23(13-15)16(24)10-9-11-21(6)7/h9-10,14-15,17H,11-13H2,1-8H3/b10-9+. The number of amides is 2. The van der Waals surface area contributed by atoms with Gasteiger partial charge >= 0.3 is 5.97 Å². The van der Waals surface area contributed by atoms with Crippen LogP contribution in [-0.4, -0.2) is 84.9 Å². The second-order valence-electron chi connectivity index (χ2n) is 8.78. The summed E-state index contributed by atoms with van der Waals surface area (Å²) in [6.07, 6.45) is 3.35. The Kier molecular flexibility index (Phi) is 8.02. The molecule has 1 aliphatic rings. The first-order valence-corrected chi connectivity index (χ1v) is 9.43. The van der Waals surface area contributed by atoms with E-state index in [1.807, 2.05) is 53.6 Å². The van der Waals surface area contributed by atoms with Crippen LogP contribution in [-0.2, 0) is 19.1 Å². The quantitative estimate of drug-likeness (QED) is 0.492. The summed E-state index contributed by atoms with van der Waals surface area (Å²) in [6, 6.07) is -0.638. The molecule has 1 aliphatic heterocycles. The van der Waals surface area contributed by atoms with E-state index in [-0.39, 0.29) is 23.7 Å². The molecule has 0 saturated carbocycles. The summed E-state index contributed by atoms with van der Waals surface area (Å²) in [4.78, 5) is 42.4. The summed E-state index contributed by atoms with van der Waals surface area (Å²) in [6.45, 7) is 10.7. The number of rotatable bonds is 7. The minimum Gasteiger partial charge on any atom is -0.458 e. The fourth-order valence-electron chi connectivity index (χ4n) is 2.95. The third-order valence-corrected chi connectivity index (χ3v) is 4.32. The molecule has 2 amide bonds. The fourth-order valence-corrected chi connectivity index (χ4v) is 2.95. The number of ether oxygens (including phenoxy) is 1. The van der Waals surface area contributed by atoms with Crippen LogP contribution in [0.25, 0.3) is 0 Å². The van der Waals surface area contributed by atoms with Crippen molar-refractivity contribution in [3.63, 3.8) is 0 Å². The molecule has 1 rings (SSSR count). The van der Waals surface area contributed by atoms with Gasteiger partial charge in [0.2, 0.25) is 11.8 Å². The Labute approximate surface area is 163 Å². The van der Waals surface area contributed by atoms with Crippen LogP contribution in [0.4, 0.5) is 0 Å². The van der Waals surface area contributed by atoms with Crippen LogP contribution in [0, 0.1) is 11.8 Å². The summed E-state index contributed by atoms with van der Waals surface area (Å²) in [7, 11) is 5.50. The van der Waals surface area contributed by atoms with Gasteiger partial charge in [-0.3, -0.25) is 9.59 Å². The summed E-state index contributed by atoms with van der Waals surface area (Å²) in [5, 5.41) is 0. The van der Waals surface area contributed by atoms with E-state index in [9.17, 15) is 14.4 Å². The van der Waals surface area contributed by atoms with Crippen molar-refractivity contribution in [2.24, 2.45) is 11.8 Å². The van der Waals surface area contributed by atoms with Crippen molar-refractivity contribution >= 4 is 17.8 Å². The zero-order valence-electron chi connectivity index (χ0n) is 18.0. The van der Waals surface area contributed by atoms with Crippen LogP contribution in [0.1, 0.15) is 34.6 Å². The highest BCUT2D eigenvalue weighted by Gasteiger charge is 2.41. The number of likely N-dealkylation sites (tertiary alicyclic amines) is 1. The summed E-state index contributed by atoms with van der Waals surface area (Å²) < 4.78 is 5.48. The van der Waals surface area contributed by atoms with Gasteiger partial charge in [-0.25, -0.2) is 4.79 Å². The molecule has 0 aromatic carbocycles. The average Bonchev–Trinajstić information content (AvgIpc) is 2.42. The number of esters is 1. The maximum atomic E-state index is 12.8. The van der Waals surface area contributed by atoms with Gasteiger partial charge in [0.15, 0.2) is 0 Å². The molecule has 1 atom stereocenters. The van der Waals surface area contributed by atoms with Crippen molar-refractivity contribution in [1.29, 1.82) is 0 Å². The zero-order valence-corrected chi connectivity index (χ0v) is 18.0. The number of likely N-dealkylation sites (N-methyl/N-ethyl adjacent to an activating group) is 2. The molecule has 154 valence electrons. The van der Waals surface area contributed by atoms with E-state index in [0.29, 0.717) is 19.6 Å².